The van der Waals surface area contributed by atoms with Crippen LogP contribution in [0.25, 0.3) is 0 Å². The first kappa shape index (κ1) is 18.9. The first-order valence-electron chi connectivity index (χ1n) is 7.18. The molecule has 8 nitrogen and oxygen atoms in total. The molecule has 1 aromatic carbocycles. The molecular weight excluding hydrogens is 372 g/mol. The highest BCUT2D eigenvalue weighted by Crippen LogP contribution is 2.26. The van der Waals surface area contributed by atoms with E-state index in [9.17, 15) is 18.0 Å². The summed E-state index contributed by atoms with van der Waals surface area (Å²) in [6, 6.07) is 3.89. The molecule has 25 heavy (non-hydrogen) atoms. The van der Waals surface area contributed by atoms with Crippen LogP contribution in [-0.2, 0) is 21.2 Å². The summed E-state index contributed by atoms with van der Waals surface area (Å²) in [5, 5.41) is -0.234. The molecule has 2 aromatic rings. The lowest BCUT2D eigenvalue weighted by Gasteiger charge is -2.11. The van der Waals surface area contributed by atoms with E-state index in [1.54, 1.807) is 4.72 Å². The zero-order valence-electron chi connectivity index (χ0n) is 13.4. The Morgan fingerprint density at radius 2 is 2.08 bits per heavy atom. The number of nitrogens with one attached hydrogen (secondary N) is 1. The average molecular weight is 387 g/mol. The van der Waals surface area contributed by atoms with Crippen molar-refractivity contribution in [2.24, 2.45) is 0 Å². The first-order chi connectivity index (χ1) is 11.8. The van der Waals surface area contributed by atoms with Gasteiger partial charge in [0.05, 0.1) is 23.4 Å². The molecule has 10 heteroatoms. The van der Waals surface area contributed by atoms with Gasteiger partial charge in [0, 0.05) is 0 Å². The van der Waals surface area contributed by atoms with Gasteiger partial charge in [0.15, 0.2) is 0 Å². The number of esters is 1. The maximum absolute atomic E-state index is 12.5. The van der Waals surface area contributed by atoms with Gasteiger partial charge in [-0.05, 0) is 18.6 Å². The van der Waals surface area contributed by atoms with Crippen LogP contribution in [0.3, 0.4) is 0 Å². The second kappa shape index (κ2) is 7.66. The summed E-state index contributed by atoms with van der Waals surface area (Å²) < 4.78 is 36.3. The van der Waals surface area contributed by atoms with Gasteiger partial charge < -0.3 is 9.15 Å². The van der Waals surface area contributed by atoms with Crippen LogP contribution < -0.4 is 4.72 Å². The van der Waals surface area contributed by atoms with Crippen molar-refractivity contribution < 1.29 is 27.2 Å². The van der Waals surface area contributed by atoms with Gasteiger partial charge in [-0.2, -0.15) is 0 Å². The van der Waals surface area contributed by atoms with Gasteiger partial charge in [0.25, 0.3) is 15.9 Å². The Hall–Kier alpha value is -2.39. The second-order valence-electron chi connectivity index (χ2n) is 4.94. The van der Waals surface area contributed by atoms with Crippen LogP contribution in [0.5, 0.6) is 0 Å². The van der Waals surface area contributed by atoms with Gasteiger partial charge in [0.2, 0.25) is 0 Å². The summed E-state index contributed by atoms with van der Waals surface area (Å²) in [5.74, 6) is -2.38. The molecule has 0 saturated carbocycles. The fourth-order valence-corrected chi connectivity index (χ4v) is 3.73. The zero-order valence-corrected chi connectivity index (χ0v) is 15.0. The summed E-state index contributed by atoms with van der Waals surface area (Å²) in [4.78, 5) is 27.2. The van der Waals surface area contributed by atoms with Crippen LogP contribution in [0.1, 0.15) is 40.1 Å². The van der Waals surface area contributed by atoms with E-state index in [1.807, 2.05) is 6.92 Å². The largest absolute Gasteiger partial charge is 0.465 e. The van der Waals surface area contributed by atoms with E-state index < -0.39 is 32.7 Å². The molecule has 1 amide bonds. The SMILES string of the molecule is CCCc1coc(C(=O)NS(=O)(=O)c2c(Cl)cccc2C(=O)OC)n1. The lowest BCUT2D eigenvalue weighted by molar-refractivity contribution is 0.0596. The van der Waals surface area contributed by atoms with E-state index in [0.717, 1.165) is 13.5 Å². The highest BCUT2D eigenvalue weighted by Gasteiger charge is 2.29. The van der Waals surface area contributed by atoms with Crippen molar-refractivity contribution >= 4 is 33.5 Å². The number of hydrogen-bond acceptors (Lipinski definition) is 7. The van der Waals surface area contributed by atoms with Gasteiger partial charge in [0.1, 0.15) is 11.2 Å². The Balaban J connectivity index is 2.36. The molecule has 0 spiro atoms. The lowest BCUT2D eigenvalue weighted by Crippen LogP contribution is -2.32. The Morgan fingerprint density at radius 3 is 2.72 bits per heavy atom. The van der Waals surface area contributed by atoms with Crippen molar-refractivity contribution in [2.75, 3.05) is 7.11 Å². The van der Waals surface area contributed by atoms with Crippen LogP contribution in [-0.4, -0.2) is 32.4 Å². The molecule has 134 valence electrons. The smallest absolute Gasteiger partial charge is 0.339 e. The molecule has 0 bridgehead atoms. The summed E-state index contributed by atoms with van der Waals surface area (Å²) >= 11 is 5.91. The van der Waals surface area contributed by atoms with E-state index in [4.69, 9.17) is 16.0 Å². The first-order valence-corrected chi connectivity index (χ1v) is 9.04. The molecule has 0 aliphatic rings. The molecule has 0 aliphatic carbocycles. The predicted octanol–water partition coefficient (Wildman–Crippen LogP) is 2.19. The topological polar surface area (TPSA) is 116 Å². The predicted molar refractivity (Wildman–Crippen MR) is 87.9 cm³/mol. The number of methoxy groups -OCH3 is 1. The van der Waals surface area contributed by atoms with Gasteiger partial charge in [-0.15, -0.1) is 0 Å². The molecule has 1 aromatic heterocycles. The molecule has 0 aliphatic heterocycles. The van der Waals surface area contributed by atoms with Crippen LogP contribution in [0, 0.1) is 0 Å². The third-order valence-corrected chi connectivity index (χ3v) is 4.98. The maximum Gasteiger partial charge on any atom is 0.339 e. The number of carbonyl (C=O) groups excluding carboxylic acids is 2. The molecule has 0 radical (unpaired) electrons. The number of hydrogen-bond donors (Lipinski definition) is 1. The van der Waals surface area contributed by atoms with Crippen molar-refractivity contribution in [1.29, 1.82) is 0 Å². The summed E-state index contributed by atoms with van der Waals surface area (Å²) in [6.45, 7) is 1.92. The molecule has 1 heterocycles. The number of halogens is 1. The van der Waals surface area contributed by atoms with Gasteiger partial charge in [-0.25, -0.2) is 22.9 Å². The third-order valence-electron chi connectivity index (χ3n) is 3.12. The Morgan fingerprint density at radius 1 is 1.36 bits per heavy atom. The minimum Gasteiger partial charge on any atom is -0.465 e. The average Bonchev–Trinajstić information content (AvgIpc) is 3.02. The van der Waals surface area contributed by atoms with Gasteiger partial charge in [-0.3, -0.25) is 4.79 Å². The van der Waals surface area contributed by atoms with Gasteiger partial charge in [-0.1, -0.05) is 31.0 Å². The number of carbonyl (C=O) groups is 2. The minimum atomic E-state index is -4.46. The Bertz CT molecular complexity index is 906. The van der Waals surface area contributed by atoms with Crippen LogP contribution in [0.4, 0.5) is 0 Å². The second-order valence-corrected chi connectivity index (χ2v) is 6.96. The van der Waals surface area contributed by atoms with Crippen molar-refractivity contribution in [3.8, 4) is 0 Å². The van der Waals surface area contributed by atoms with Crippen LogP contribution in [0.2, 0.25) is 5.02 Å². The van der Waals surface area contributed by atoms with E-state index in [2.05, 4.69) is 9.72 Å². The molecule has 0 unspecified atom stereocenters. The fraction of sp³-hybridized carbons (Fsp3) is 0.267. The Labute approximate surface area is 149 Å². The quantitative estimate of drug-likeness (QED) is 0.756. The van der Waals surface area contributed by atoms with E-state index in [1.165, 1.54) is 24.5 Å². The van der Waals surface area contributed by atoms with Crippen molar-refractivity contribution in [3.05, 3.63) is 46.6 Å². The van der Waals surface area contributed by atoms with Crippen molar-refractivity contribution in [1.82, 2.24) is 9.71 Å². The number of nitrogens with zero attached hydrogens (tertiary/aromatic N) is 1. The van der Waals surface area contributed by atoms with Crippen molar-refractivity contribution in [3.63, 3.8) is 0 Å². The number of benzene rings is 1. The summed E-state index contributed by atoms with van der Waals surface area (Å²) in [7, 11) is -3.36. The number of aryl methyl sites for hydroxylation is 1. The summed E-state index contributed by atoms with van der Waals surface area (Å²) in [5.41, 5.74) is 0.229. The molecule has 0 saturated heterocycles. The molecule has 0 fully saturated rings. The molecule has 1 N–H and O–H groups in total. The van der Waals surface area contributed by atoms with Crippen LogP contribution >= 0.6 is 11.6 Å². The normalized spacial score (nSPS) is 11.2. The van der Waals surface area contributed by atoms with E-state index >= 15 is 0 Å². The summed E-state index contributed by atoms with van der Waals surface area (Å²) in [6.07, 6.45) is 2.65. The minimum absolute atomic E-state index is 0.234. The fourth-order valence-electron chi connectivity index (χ4n) is 2.05. The molecule has 2 rings (SSSR count). The number of amides is 1. The Kier molecular flexibility index (Phi) is 5.81. The van der Waals surface area contributed by atoms with Crippen LogP contribution in [0.15, 0.2) is 33.8 Å². The number of aromatic nitrogens is 1. The number of rotatable bonds is 6. The number of sulfonamides is 1. The monoisotopic (exact) mass is 386 g/mol. The number of oxazole rings is 1. The zero-order chi connectivity index (χ0) is 18.6. The molecular formula is C15H15ClN2O6S. The van der Waals surface area contributed by atoms with Gasteiger partial charge >= 0.3 is 11.9 Å². The molecule has 0 atom stereocenters. The van der Waals surface area contributed by atoms with E-state index in [-0.39, 0.29) is 10.6 Å². The highest BCUT2D eigenvalue weighted by atomic mass is 35.5. The standard InChI is InChI=1S/C15H15ClN2O6S/c1-3-5-9-8-24-14(17-9)13(19)18-25(21,22)12-10(15(20)23-2)6-4-7-11(12)16/h4,6-8H,3,5H2,1-2H3,(H,18,19). The lowest BCUT2D eigenvalue weighted by atomic mass is 10.2. The highest BCUT2D eigenvalue weighted by molar-refractivity contribution is 7.90. The van der Waals surface area contributed by atoms with Crippen molar-refractivity contribution in [2.45, 2.75) is 24.7 Å². The van der Waals surface area contributed by atoms with E-state index in [0.29, 0.717) is 12.1 Å². The number of ether oxygens (including phenoxy) is 1. The maximum atomic E-state index is 12.5. The third kappa shape index (κ3) is 4.18.